The number of fused-ring (bicyclic) bond motifs is 2. The van der Waals surface area contributed by atoms with E-state index in [1.807, 2.05) is 0 Å². The van der Waals surface area contributed by atoms with Crippen LogP contribution in [0.2, 0.25) is 0 Å². The zero-order valence-corrected chi connectivity index (χ0v) is 40.4. The van der Waals surface area contributed by atoms with E-state index in [1.165, 1.54) is 30.4 Å². The van der Waals surface area contributed by atoms with E-state index < -0.39 is 76.5 Å². The molecule has 6 N–H and O–H groups in total. The van der Waals surface area contributed by atoms with Crippen molar-refractivity contribution in [3.8, 4) is 11.4 Å². The summed E-state index contributed by atoms with van der Waals surface area (Å²) in [5, 5.41) is 29.5. The summed E-state index contributed by atoms with van der Waals surface area (Å²) in [5.41, 5.74) is 11.8. The number of benzene rings is 4. The molecule has 0 aliphatic heterocycles. The van der Waals surface area contributed by atoms with Crippen molar-refractivity contribution in [3.63, 3.8) is 0 Å². The number of carboxylic acid groups (broad SMARTS) is 1. The monoisotopic (exact) mass is 902 g/mol. The molecular formula is C37H25N10Na3O10S2. The van der Waals surface area contributed by atoms with Crippen LogP contribution in [0.3, 0.4) is 0 Å². The minimum absolute atomic E-state index is 0. The molecule has 2 aliphatic rings. The number of Topliss-reactive ketones (excluding diaryl/α,β-unsaturated/α-hetero) is 1. The number of hydrazone groups is 2. The topological polar surface area (TPSA) is 329 Å². The van der Waals surface area contributed by atoms with Crippen LogP contribution in [-0.4, -0.2) is 71.4 Å². The van der Waals surface area contributed by atoms with Gasteiger partial charge in [0.15, 0.2) is 5.78 Å². The second-order valence-corrected chi connectivity index (χ2v) is 15.2. The number of azo groups is 1. The van der Waals surface area contributed by atoms with E-state index in [1.54, 1.807) is 60.7 Å². The first-order chi connectivity index (χ1) is 28.0. The average molecular weight is 903 g/mol. The number of nitrogen functional groups attached to an aromatic ring is 1. The molecule has 0 spiro atoms. The molecule has 2 aliphatic carbocycles. The molecule has 62 heavy (non-hydrogen) atoms. The van der Waals surface area contributed by atoms with Crippen LogP contribution in [0.15, 0.2) is 133 Å². The first kappa shape index (κ1) is 50.0. The summed E-state index contributed by atoms with van der Waals surface area (Å²) < 4.78 is 73.7. The van der Waals surface area contributed by atoms with Crippen LogP contribution in [0.4, 0.5) is 28.4 Å². The smallest absolute Gasteiger partial charge is 0.744 e. The molecule has 5 aromatic rings. The van der Waals surface area contributed by atoms with Crippen molar-refractivity contribution >= 4 is 94.7 Å². The van der Waals surface area contributed by atoms with E-state index in [0.717, 1.165) is 0 Å². The van der Waals surface area contributed by atoms with Crippen molar-refractivity contribution in [2.24, 2.45) is 20.4 Å². The fourth-order valence-electron chi connectivity index (χ4n) is 5.77. The van der Waals surface area contributed by atoms with E-state index in [-0.39, 0.29) is 112 Å². The van der Waals surface area contributed by atoms with Crippen LogP contribution >= 0.6 is 0 Å². The number of imidazole rings is 1. The van der Waals surface area contributed by atoms with Gasteiger partial charge < -0.3 is 35.0 Å². The summed E-state index contributed by atoms with van der Waals surface area (Å²) in [4.78, 5) is 42.0. The number of hydrogen-bond acceptors (Lipinski definition) is 19. The summed E-state index contributed by atoms with van der Waals surface area (Å²) >= 11 is 0. The summed E-state index contributed by atoms with van der Waals surface area (Å²) in [6, 6.07) is 20.1. The first-order valence-corrected chi connectivity index (χ1v) is 19.6. The number of hydrogen-bond donors (Lipinski definition) is 5. The molecule has 298 valence electrons. The Hall–Kier alpha value is -4.66. The molecule has 0 saturated carbocycles. The maximum Gasteiger partial charge on any atom is 1.00 e. The molecule has 0 radical (unpaired) electrons. The Balaban J connectivity index is 0.00000282. The van der Waals surface area contributed by atoms with Crippen molar-refractivity contribution < 1.29 is 134 Å². The number of rotatable bonds is 12. The van der Waals surface area contributed by atoms with Gasteiger partial charge >= 0.3 is 88.7 Å². The Kier molecular flexibility index (Phi) is 16.7. The van der Waals surface area contributed by atoms with Crippen LogP contribution in [0.25, 0.3) is 28.5 Å². The molecule has 0 unspecified atom stereocenters. The van der Waals surface area contributed by atoms with E-state index in [2.05, 4.69) is 46.6 Å². The van der Waals surface area contributed by atoms with Crippen LogP contribution in [0.1, 0.15) is 15.9 Å². The van der Waals surface area contributed by atoms with Crippen LogP contribution in [-0.2, 0) is 29.8 Å². The molecule has 7 rings (SSSR count). The van der Waals surface area contributed by atoms with Crippen molar-refractivity contribution in [2.45, 2.75) is 4.90 Å². The predicted octanol–water partition coefficient (Wildman–Crippen LogP) is -6.18. The summed E-state index contributed by atoms with van der Waals surface area (Å²) in [7, 11) is -10.7. The van der Waals surface area contributed by atoms with Gasteiger partial charge in [0.25, 0.3) is 0 Å². The van der Waals surface area contributed by atoms with Crippen LogP contribution < -0.4 is 116 Å². The number of nitrogens with two attached hydrogens (primary N) is 1. The second kappa shape index (κ2) is 20.7. The average Bonchev–Trinajstić information content (AvgIpc) is 3.62. The molecule has 25 heteroatoms. The number of anilines is 3. The second-order valence-electron chi connectivity index (χ2n) is 12.5. The normalized spacial score (nSPS) is 14.9. The Bertz CT molecular complexity index is 3030. The Morgan fingerprint density at radius 2 is 1.50 bits per heavy atom. The van der Waals surface area contributed by atoms with E-state index in [0.29, 0.717) is 45.9 Å². The van der Waals surface area contributed by atoms with Gasteiger partial charge in [0.1, 0.15) is 43.2 Å². The summed E-state index contributed by atoms with van der Waals surface area (Å²) in [5.74, 6) is -2.42. The van der Waals surface area contributed by atoms with Gasteiger partial charge in [-0.05, 0) is 84.5 Å². The third-order valence-electron chi connectivity index (χ3n) is 8.49. The van der Waals surface area contributed by atoms with Crippen molar-refractivity contribution in [3.05, 3.63) is 119 Å². The number of allylic oxidation sites excluding steroid dienone is 4. The fourth-order valence-corrected chi connectivity index (χ4v) is 7.08. The number of aliphatic carboxylic acids is 1. The van der Waals surface area contributed by atoms with Gasteiger partial charge in [-0.3, -0.25) is 20.4 Å². The molecule has 0 bridgehead atoms. The SMILES string of the molecule is Nc1c(N=Nc2ccc(-c3nc4ccc(NN=C5C=CC(=O)C=C5NCC(=O)[O-])cc4[nH]3)cc2)c(S(=O)(=O)[O-])cc2c1C(=O)C(=NNc1ccccc1)C(S(=O)(=O)[O-])=C2.[Na+].[Na+].[Na+]. The quantitative estimate of drug-likeness (QED) is 0.0194. The van der Waals surface area contributed by atoms with Crippen molar-refractivity contribution in [1.29, 1.82) is 0 Å². The van der Waals surface area contributed by atoms with Gasteiger partial charge in [0.05, 0.1) is 67.4 Å². The number of carbonyl (C=O) groups excluding carboxylic acids is 3. The zero-order valence-electron chi connectivity index (χ0n) is 32.7. The number of carbonyl (C=O) groups is 3. The molecule has 1 heterocycles. The summed E-state index contributed by atoms with van der Waals surface area (Å²) in [6.07, 6.45) is 4.61. The van der Waals surface area contributed by atoms with Crippen molar-refractivity contribution in [2.75, 3.05) is 23.1 Å². The number of ketones is 2. The molecule has 4 aromatic carbocycles. The van der Waals surface area contributed by atoms with E-state index in [9.17, 15) is 45.4 Å². The standard InChI is InChI=1S/C37H28N10O10S2.3Na/c38-33-32-20(15-30(59(55,56)57)35(36(32)51)47-42-21-4-2-1-3-5-21)14-29(58(52,53)54)34(33)46-43-22-8-6-19(7-9-22)37-40-25-12-10-23(16-28(25)41-37)44-45-26-13-11-24(48)17-27(26)39-18-31(49)50;;;/h1-17,39,42,44H,18,38H2,(H,40,41)(H,49,50)(H,52,53,54)(H,55,56,57);;;/q;3*+1/p-3. The molecule has 20 nitrogen and oxygen atoms in total. The first-order valence-electron chi connectivity index (χ1n) is 16.8. The van der Waals surface area contributed by atoms with Gasteiger partial charge in [0.2, 0.25) is 5.78 Å². The van der Waals surface area contributed by atoms with Crippen molar-refractivity contribution in [1.82, 2.24) is 15.3 Å². The van der Waals surface area contributed by atoms with Crippen LogP contribution in [0, 0.1) is 0 Å². The third kappa shape index (κ3) is 11.5. The molecule has 0 fully saturated rings. The van der Waals surface area contributed by atoms with E-state index in [4.69, 9.17) is 5.73 Å². The number of H-pyrrole nitrogens is 1. The number of aromatic amines is 1. The number of carboxylic acids is 1. The molecule has 0 amide bonds. The number of nitrogens with zero attached hydrogens (tertiary/aromatic N) is 5. The van der Waals surface area contributed by atoms with E-state index >= 15 is 0 Å². The zero-order chi connectivity index (χ0) is 42.1. The molecular weight excluding hydrogens is 878 g/mol. The number of para-hydroxylation sites is 1. The molecule has 1 aromatic heterocycles. The van der Waals surface area contributed by atoms with Gasteiger partial charge in [0, 0.05) is 11.6 Å². The van der Waals surface area contributed by atoms with Gasteiger partial charge in [-0.15, -0.1) is 5.11 Å². The maximum atomic E-state index is 13.7. The Labute approximate surface area is 418 Å². The Morgan fingerprint density at radius 1 is 0.806 bits per heavy atom. The van der Waals surface area contributed by atoms with Gasteiger partial charge in [-0.1, -0.05) is 18.2 Å². The largest absolute Gasteiger partial charge is 1.00 e. The predicted molar refractivity (Wildman–Crippen MR) is 210 cm³/mol. The van der Waals surface area contributed by atoms with Gasteiger partial charge in [-0.25, -0.2) is 21.8 Å². The molecule has 0 atom stereocenters. The minimum atomic E-state index is -5.36. The minimum Gasteiger partial charge on any atom is -0.744 e. The fraction of sp³-hybridized carbons (Fsp3) is 0.0270. The van der Waals surface area contributed by atoms with Gasteiger partial charge in [-0.2, -0.15) is 15.3 Å². The third-order valence-corrected chi connectivity index (χ3v) is 10.2. The molecule has 0 saturated heterocycles. The van der Waals surface area contributed by atoms with Crippen LogP contribution in [0.5, 0.6) is 0 Å². The maximum absolute atomic E-state index is 13.7. The Morgan fingerprint density at radius 3 is 2.16 bits per heavy atom. The number of nitrogens with one attached hydrogen (secondary N) is 4. The summed E-state index contributed by atoms with van der Waals surface area (Å²) in [6.45, 7) is -0.525. The number of aromatic nitrogens is 2.